The Bertz CT molecular complexity index is 399. The van der Waals surface area contributed by atoms with Gasteiger partial charge in [0.15, 0.2) is 0 Å². The number of nitrogen functional groups attached to an aromatic ring is 2. The topological polar surface area (TPSA) is 101 Å². The molecule has 100 valence electrons. The molecule has 0 atom stereocenters. The molecule has 0 radical (unpaired) electrons. The largest absolute Gasteiger partial charge is 0.399 e. The van der Waals surface area contributed by atoms with E-state index in [0.717, 1.165) is 17.9 Å². The van der Waals surface area contributed by atoms with Crippen LogP contribution in [0.25, 0.3) is 0 Å². The number of nitrogens with two attached hydrogens (primary N) is 2. The van der Waals surface area contributed by atoms with Gasteiger partial charge in [-0.1, -0.05) is 0 Å². The van der Waals surface area contributed by atoms with E-state index in [4.69, 9.17) is 16.6 Å². The molecule has 0 fully saturated rings. The van der Waals surface area contributed by atoms with E-state index in [0.29, 0.717) is 23.5 Å². The van der Waals surface area contributed by atoms with Crippen LogP contribution in [0.1, 0.15) is 16.8 Å². The molecule has 0 heterocycles. The minimum Gasteiger partial charge on any atom is -0.399 e. The van der Waals surface area contributed by atoms with Crippen LogP contribution in [-0.2, 0) is 0 Å². The highest BCUT2D eigenvalue weighted by Gasteiger charge is 2.08. The number of hydrogen-bond donors (Lipinski definition) is 4. The molecule has 18 heavy (non-hydrogen) atoms. The summed E-state index contributed by atoms with van der Waals surface area (Å²) in [4.78, 5) is 11.8. The number of nitrogens with one attached hydrogen (secondary N) is 1. The normalized spacial score (nSPS) is 10.3. The molecule has 0 aromatic heterocycles. The molecule has 0 saturated heterocycles. The van der Waals surface area contributed by atoms with Crippen LogP contribution in [0.2, 0.25) is 0 Å². The summed E-state index contributed by atoms with van der Waals surface area (Å²) in [6.45, 7) is 0.792. The third kappa shape index (κ3) is 4.85. The zero-order chi connectivity index (χ0) is 13.4. The van der Waals surface area contributed by atoms with Gasteiger partial charge in [0.05, 0.1) is 5.56 Å². The summed E-state index contributed by atoms with van der Waals surface area (Å²) < 4.78 is 0. The molecule has 1 aromatic rings. The van der Waals surface area contributed by atoms with Crippen molar-refractivity contribution >= 4 is 29.0 Å². The van der Waals surface area contributed by atoms with Gasteiger partial charge < -0.3 is 21.9 Å². The van der Waals surface area contributed by atoms with E-state index >= 15 is 0 Å². The summed E-state index contributed by atoms with van der Waals surface area (Å²) in [5, 5.41) is 11.4. The van der Waals surface area contributed by atoms with Gasteiger partial charge in [-0.15, -0.1) is 0 Å². The second-order valence-corrected chi connectivity index (χ2v) is 5.02. The number of carbonyl (C=O) groups excluding carboxylic acids is 1. The number of anilines is 2. The maximum absolute atomic E-state index is 11.8. The average molecular weight is 269 g/mol. The average Bonchev–Trinajstić information content (AvgIpc) is 2.33. The molecule has 6 N–H and O–H groups in total. The Balaban J connectivity index is 2.32. The van der Waals surface area contributed by atoms with E-state index in [2.05, 4.69) is 5.32 Å². The first-order valence-electron chi connectivity index (χ1n) is 5.77. The molecule has 0 spiro atoms. The van der Waals surface area contributed by atoms with E-state index in [1.54, 1.807) is 30.0 Å². The lowest BCUT2D eigenvalue weighted by molar-refractivity contribution is 0.0957. The zero-order valence-corrected chi connectivity index (χ0v) is 11.0. The summed E-state index contributed by atoms with van der Waals surface area (Å²) in [5.74, 6) is 1.53. The Hall–Kier alpha value is -1.40. The molecule has 1 rings (SSSR count). The standard InChI is InChI=1S/C12H19N3O2S/c13-9-2-3-10(11(14)8-9)12(17)15-4-7-18-6-1-5-16/h2-3,8,16H,1,4-7,13-14H2,(H,15,17). The fourth-order valence-electron chi connectivity index (χ4n) is 1.39. The van der Waals surface area contributed by atoms with Gasteiger partial charge in [-0.3, -0.25) is 4.79 Å². The first-order chi connectivity index (χ1) is 8.65. The number of carbonyl (C=O) groups is 1. The molecule has 0 aliphatic rings. The molecule has 5 nitrogen and oxygen atoms in total. The molecule has 0 unspecified atom stereocenters. The Labute approximate surface area is 111 Å². The van der Waals surface area contributed by atoms with Gasteiger partial charge >= 0.3 is 0 Å². The van der Waals surface area contributed by atoms with E-state index in [1.807, 2.05) is 0 Å². The van der Waals surface area contributed by atoms with Crippen LogP contribution >= 0.6 is 11.8 Å². The quantitative estimate of drug-likeness (QED) is 0.431. The summed E-state index contributed by atoms with van der Waals surface area (Å²) >= 11 is 1.70. The van der Waals surface area contributed by atoms with E-state index in [-0.39, 0.29) is 12.5 Å². The number of benzene rings is 1. The van der Waals surface area contributed by atoms with Crippen LogP contribution < -0.4 is 16.8 Å². The van der Waals surface area contributed by atoms with E-state index in [9.17, 15) is 4.79 Å². The van der Waals surface area contributed by atoms with Gasteiger partial charge in [0.1, 0.15) is 0 Å². The van der Waals surface area contributed by atoms with Gasteiger partial charge in [-0.2, -0.15) is 11.8 Å². The van der Waals surface area contributed by atoms with Crippen molar-refractivity contribution in [2.45, 2.75) is 6.42 Å². The number of amides is 1. The van der Waals surface area contributed by atoms with Crippen LogP contribution in [0, 0.1) is 0 Å². The first-order valence-corrected chi connectivity index (χ1v) is 6.92. The van der Waals surface area contributed by atoms with Crippen LogP contribution in [0.15, 0.2) is 18.2 Å². The molecule has 0 aliphatic carbocycles. The minimum absolute atomic E-state index is 0.185. The number of aliphatic hydroxyl groups is 1. The predicted octanol–water partition coefficient (Wildman–Crippen LogP) is 0.696. The molecule has 0 bridgehead atoms. The summed E-state index contributed by atoms with van der Waals surface area (Å²) in [5.41, 5.74) is 12.7. The number of rotatable bonds is 7. The fourth-order valence-corrected chi connectivity index (χ4v) is 2.17. The van der Waals surface area contributed by atoms with Gasteiger partial charge in [-0.05, 0) is 30.4 Å². The van der Waals surface area contributed by atoms with E-state index in [1.165, 1.54) is 0 Å². The summed E-state index contributed by atoms with van der Waals surface area (Å²) in [6.07, 6.45) is 0.781. The van der Waals surface area contributed by atoms with Crippen molar-refractivity contribution in [1.82, 2.24) is 5.32 Å². The van der Waals surface area contributed by atoms with Crippen molar-refractivity contribution in [2.75, 3.05) is 36.1 Å². The highest BCUT2D eigenvalue weighted by Crippen LogP contribution is 2.15. The second-order valence-electron chi connectivity index (χ2n) is 3.79. The SMILES string of the molecule is Nc1ccc(C(=O)NCCSCCCO)c(N)c1. The number of aliphatic hydroxyl groups excluding tert-OH is 1. The number of thioether (sulfide) groups is 1. The van der Waals surface area contributed by atoms with Crippen molar-refractivity contribution in [3.63, 3.8) is 0 Å². The fraction of sp³-hybridized carbons (Fsp3) is 0.417. The Morgan fingerprint density at radius 1 is 1.33 bits per heavy atom. The van der Waals surface area contributed by atoms with Crippen molar-refractivity contribution in [2.24, 2.45) is 0 Å². The Kier molecular flexibility index (Phi) is 6.38. The lowest BCUT2D eigenvalue weighted by atomic mass is 10.1. The monoisotopic (exact) mass is 269 g/mol. The predicted molar refractivity (Wildman–Crippen MR) is 76.6 cm³/mol. The van der Waals surface area contributed by atoms with Crippen LogP contribution in [-0.4, -0.2) is 35.7 Å². The second kappa shape index (κ2) is 7.84. The van der Waals surface area contributed by atoms with Crippen molar-refractivity contribution < 1.29 is 9.90 Å². The molecular weight excluding hydrogens is 250 g/mol. The third-order valence-corrected chi connectivity index (χ3v) is 3.37. The van der Waals surface area contributed by atoms with Gasteiger partial charge in [0, 0.05) is 30.3 Å². The summed E-state index contributed by atoms with van der Waals surface area (Å²) in [6, 6.07) is 4.85. The number of hydrogen-bond acceptors (Lipinski definition) is 5. The lowest BCUT2D eigenvalue weighted by Gasteiger charge is -2.08. The lowest BCUT2D eigenvalue weighted by Crippen LogP contribution is -2.26. The first kappa shape index (κ1) is 14.7. The van der Waals surface area contributed by atoms with Crippen molar-refractivity contribution in [1.29, 1.82) is 0 Å². The van der Waals surface area contributed by atoms with Gasteiger partial charge in [0.25, 0.3) is 5.91 Å². The zero-order valence-electron chi connectivity index (χ0n) is 10.2. The molecule has 6 heteroatoms. The highest BCUT2D eigenvalue weighted by atomic mass is 32.2. The third-order valence-electron chi connectivity index (χ3n) is 2.30. The maximum Gasteiger partial charge on any atom is 0.253 e. The van der Waals surface area contributed by atoms with Crippen LogP contribution in [0.4, 0.5) is 11.4 Å². The Morgan fingerprint density at radius 2 is 2.11 bits per heavy atom. The Morgan fingerprint density at radius 3 is 2.78 bits per heavy atom. The van der Waals surface area contributed by atoms with Gasteiger partial charge in [-0.25, -0.2) is 0 Å². The van der Waals surface area contributed by atoms with Gasteiger partial charge in [0.2, 0.25) is 0 Å². The molecule has 0 saturated carbocycles. The molecular formula is C12H19N3O2S. The molecule has 0 aliphatic heterocycles. The van der Waals surface area contributed by atoms with E-state index < -0.39 is 0 Å². The highest BCUT2D eigenvalue weighted by molar-refractivity contribution is 7.99. The van der Waals surface area contributed by atoms with Crippen molar-refractivity contribution in [3.05, 3.63) is 23.8 Å². The molecule has 1 amide bonds. The van der Waals surface area contributed by atoms with Crippen LogP contribution in [0.3, 0.4) is 0 Å². The smallest absolute Gasteiger partial charge is 0.253 e. The molecule has 1 aromatic carbocycles. The minimum atomic E-state index is -0.185. The van der Waals surface area contributed by atoms with Crippen LogP contribution in [0.5, 0.6) is 0 Å². The summed E-state index contributed by atoms with van der Waals surface area (Å²) in [7, 11) is 0. The van der Waals surface area contributed by atoms with Crippen molar-refractivity contribution in [3.8, 4) is 0 Å². The maximum atomic E-state index is 11.8.